The number of carbonyl (C=O) groups is 4. The van der Waals surface area contributed by atoms with Crippen molar-refractivity contribution in [3.05, 3.63) is 118 Å². The SMILES string of the molecule is Cc1nn(C2CCC(=O)NC2=O)c(=O)c2ccc(C3CN(CCCCC(=O)C4CNCCC4COc4ccnc(-c5cccc(CC6(C7(C#N)C=CC=CC7)C=CC(=O)NN6)c5)n4)CCN3)cc12. The fourth-order valence-electron chi connectivity index (χ4n) is 10.3. The number of unbranched alkanes of at least 4 members (excludes halogenated alkanes) is 1. The van der Waals surface area contributed by atoms with Crippen molar-refractivity contribution in [2.45, 2.75) is 75.9 Å². The van der Waals surface area contributed by atoms with E-state index in [-0.39, 0.29) is 53.9 Å². The smallest absolute Gasteiger partial charge is 0.275 e. The molecule has 352 valence electrons. The molecule has 5 N–H and O–H groups in total. The van der Waals surface area contributed by atoms with Crippen LogP contribution < -0.4 is 37.1 Å². The summed E-state index contributed by atoms with van der Waals surface area (Å²) in [5.41, 5.74) is 7.12. The highest BCUT2D eigenvalue weighted by molar-refractivity contribution is 5.99. The molecular formula is C51H57N11O6. The Labute approximate surface area is 394 Å². The van der Waals surface area contributed by atoms with E-state index in [0.29, 0.717) is 55.2 Å². The van der Waals surface area contributed by atoms with Gasteiger partial charge in [0.05, 0.1) is 29.3 Å². The Morgan fingerprint density at radius 3 is 2.72 bits per heavy atom. The predicted octanol–water partition coefficient (Wildman–Crippen LogP) is 3.63. The molecule has 17 nitrogen and oxygen atoms in total. The van der Waals surface area contributed by atoms with Crippen molar-refractivity contribution in [2.24, 2.45) is 17.3 Å². The Kier molecular flexibility index (Phi) is 13.8. The molecule has 2 aromatic heterocycles. The second-order valence-corrected chi connectivity index (χ2v) is 18.6. The van der Waals surface area contributed by atoms with Crippen LogP contribution >= 0.6 is 0 Å². The van der Waals surface area contributed by atoms with Crippen molar-refractivity contribution in [1.29, 1.82) is 5.26 Å². The molecule has 4 aromatic rings. The molecule has 6 atom stereocenters. The minimum absolute atomic E-state index is 0.0457. The summed E-state index contributed by atoms with van der Waals surface area (Å²) in [6, 6.07) is 17.1. The van der Waals surface area contributed by atoms with E-state index in [2.05, 4.69) is 47.9 Å². The van der Waals surface area contributed by atoms with Crippen molar-refractivity contribution < 1.29 is 23.9 Å². The molecule has 3 saturated heterocycles. The van der Waals surface area contributed by atoms with E-state index in [0.717, 1.165) is 74.1 Å². The van der Waals surface area contributed by atoms with Gasteiger partial charge in [0, 0.05) is 86.2 Å². The van der Waals surface area contributed by atoms with E-state index in [9.17, 15) is 29.2 Å². The Morgan fingerprint density at radius 2 is 1.91 bits per heavy atom. The van der Waals surface area contributed by atoms with Crippen LogP contribution in [0.3, 0.4) is 0 Å². The van der Waals surface area contributed by atoms with Crippen molar-refractivity contribution in [3.63, 3.8) is 0 Å². The summed E-state index contributed by atoms with van der Waals surface area (Å²) in [6.45, 7) is 6.99. The molecule has 6 unspecified atom stereocenters. The van der Waals surface area contributed by atoms with Gasteiger partial charge in [0.25, 0.3) is 17.4 Å². The second-order valence-electron chi connectivity index (χ2n) is 18.6. The number of hydrogen-bond donors (Lipinski definition) is 5. The van der Waals surface area contributed by atoms with Crippen molar-refractivity contribution in [2.75, 3.05) is 45.9 Å². The molecule has 17 heteroatoms. The number of carbonyl (C=O) groups excluding carboxylic acids is 4. The van der Waals surface area contributed by atoms with Crippen LogP contribution in [0, 0.1) is 35.5 Å². The zero-order valence-electron chi connectivity index (χ0n) is 38.2. The summed E-state index contributed by atoms with van der Waals surface area (Å²) in [7, 11) is 0. The molecule has 9 rings (SSSR count). The molecular weight excluding hydrogens is 863 g/mol. The number of nitrogens with one attached hydrogen (secondary N) is 5. The number of hydrogen-bond acceptors (Lipinski definition) is 14. The maximum absolute atomic E-state index is 13.7. The van der Waals surface area contributed by atoms with Crippen LogP contribution in [0.25, 0.3) is 22.2 Å². The average molecular weight is 920 g/mol. The van der Waals surface area contributed by atoms with Gasteiger partial charge in [0.2, 0.25) is 11.8 Å². The van der Waals surface area contributed by atoms with E-state index in [4.69, 9.17) is 9.72 Å². The third kappa shape index (κ3) is 9.81. The summed E-state index contributed by atoms with van der Waals surface area (Å²) in [5, 5.41) is 25.6. The Bertz CT molecular complexity index is 2800. The van der Waals surface area contributed by atoms with Crippen molar-refractivity contribution in [1.82, 2.24) is 51.5 Å². The average Bonchev–Trinajstić information content (AvgIpc) is 3.37. The topological polar surface area (TPSA) is 225 Å². The molecule has 3 amide bonds. The van der Waals surface area contributed by atoms with Crippen LogP contribution in [0.5, 0.6) is 5.88 Å². The lowest BCUT2D eigenvalue weighted by Gasteiger charge is -2.45. The number of hydrazine groups is 1. The number of amides is 3. The van der Waals surface area contributed by atoms with E-state index < -0.39 is 22.9 Å². The maximum atomic E-state index is 13.7. The molecule has 1 aliphatic carbocycles. The van der Waals surface area contributed by atoms with Gasteiger partial charge < -0.3 is 20.3 Å². The fourth-order valence-corrected chi connectivity index (χ4v) is 10.3. The summed E-state index contributed by atoms with van der Waals surface area (Å²) in [4.78, 5) is 75.3. The quantitative estimate of drug-likeness (QED) is 0.0849. The number of allylic oxidation sites excluding steroid dienone is 3. The van der Waals surface area contributed by atoms with Crippen molar-refractivity contribution >= 4 is 34.3 Å². The Hall–Kier alpha value is -6.71. The van der Waals surface area contributed by atoms with Crippen LogP contribution in [0.15, 0.2) is 96.0 Å². The van der Waals surface area contributed by atoms with E-state index in [1.54, 1.807) is 18.3 Å². The lowest BCUT2D eigenvalue weighted by molar-refractivity contribution is -0.136. The van der Waals surface area contributed by atoms with Crippen LogP contribution in [-0.2, 0) is 25.6 Å². The second kappa shape index (κ2) is 20.3. The fraction of sp³-hybridized carbons (Fsp3) is 0.431. The standard InChI is InChI=1S/C51H57N11O6/c1-33-39-27-35(11-12-38(39)49(67)62(59-33)42-13-14-44(64)56-48(42)66)41-30-61(25-23-54-41)24-6-3-10-43(63)40-29-53-21-16-37(40)31-68-46-17-22-55-47(57-46)36-9-7-8-34(26-36)28-51(20-15-45(65)58-60-51)50(32-52)18-4-2-5-19-50/h2,4-5,7-9,11-12,15,17-18,20,22,26-27,37,40-42,53-54,60H,3,6,10,13-14,16,19,21,23-25,28-31H2,1H3,(H,58,65)(H,56,64,66). The molecule has 68 heavy (non-hydrogen) atoms. The normalized spacial score (nSPS) is 26.3. The van der Waals surface area contributed by atoms with Crippen LogP contribution in [0.1, 0.15) is 73.9 Å². The summed E-state index contributed by atoms with van der Waals surface area (Å²) >= 11 is 0. The molecule has 5 aliphatic rings. The number of piperidine rings is 2. The number of piperazine rings is 1. The minimum atomic E-state index is -0.933. The first-order valence-corrected chi connectivity index (χ1v) is 23.7. The van der Waals surface area contributed by atoms with E-state index in [1.807, 2.05) is 73.7 Å². The van der Waals surface area contributed by atoms with E-state index >= 15 is 0 Å². The number of ketones is 1. The minimum Gasteiger partial charge on any atom is -0.477 e. The molecule has 0 radical (unpaired) electrons. The molecule has 0 spiro atoms. The van der Waals surface area contributed by atoms with Gasteiger partial charge in [-0.2, -0.15) is 15.3 Å². The number of nitrogens with zero attached hydrogens (tertiary/aromatic N) is 6. The first-order valence-electron chi connectivity index (χ1n) is 23.7. The molecule has 0 bridgehead atoms. The summed E-state index contributed by atoms with van der Waals surface area (Å²) in [6.07, 6.45) is 16.9. The largest absolute Gasteiger partial charge is 0.477 e. The summed E-state index contributed by atoms with van der Waals surface area (Å²) in [5.74, 6) is -0.0578. The number of fused-ring (bicyclic) bond motifs is 1. The molecule has 3 fully saturated rings. The number of ether oxygens (including phenoxy) is 1. The van der Waals surface area contributed by atoms with Crippen LogP contribution in [0.2, 0.25) is 0 Å². The number of Topliss-reactive ketones (excluding diaryl/α,β-unsaturated/α-hetero) is 1. The van der Waals surface area contributed by atoms with Gasteiger partial charge in [0.1, 0.15) is 17.2 Å². The van der Waals surface area contributed by atoms with Gasteiger partial charge >= 0.3 is 0 Å². The molecule has 2 aromatic carbocycles. The van der Waals surface area contributed by atoms with Crippen LogP contribution in [-0.4, -0.2) is 99.6 Å². The number of benzene rings is 2. The lowest BCUT2D eigenvalue weighted by atomic mass is 9.64. The predicted molar refractivity (Wildman–Crippen MR) is 253 cm³/mol. The Balaban J connectivity index is 0.773. The van der Waals surface area contributed by atoms with Crippen LogP contribution in [0.4, 0.5) is 0 Å². The van der Waals surface area contributed by atoms with Gasteiger partial charge in [-0.3, -0.25) is 34.7 Å². The first kappa shape index (κ1) is 46.4. The van der Waals surface area contributed by atoms with Gasteiger partial charge in [-0.25, -0.2) is 15.1 Å². The van der Waals surface area contributed by atoms with Gasteiger partial charge in [-0.05, 0) is 87.9 Å². The molecule has 6 heterocycles. The number of aryl methyl sites for hydroxylation is 1. The maximum Gasteiger partial charge on any atom is 0.275 e. The van der Waals surface area contributed by atoms with Gasteiger partial charge in [-0.1, -0.05) is 54.6 Å². The van der Waals surface area contributed by atoms with E-state index in [1.165, 1.54) is 10.8 Å². The monoisotopic (exact) mass is 919 g/mol. The summed E-state index contributed by atoms with van der Waals surface area (Å²) < 4.78 is 7.52. The molecule has 4 aliphatic heterocycles. The highest BCUT2D eigenvalue weighted by atomic mass is 16.5. The zero-order valence-corrected chi connectivity index (χ0v) is 38.2. The lowest BCUT2D eigenvalue weighted by Crippen LogP contribution is -2.64. The zero-order chi connectivity index (χ0) is 47.3. The van der Waals surface area contributed by atoms with Crippen molar-refractivity contribution in [3.8, 4) is 23.3 Å². The third-order valence-electron chi connectivity index (χ3n) is 14.2. The van der Waals surface area contributed by atoms with Gasteiger partial charge in [-0.15, -0.1) is 0 Å². The number of imide groups is 1. The molecule has 0 saturated carbocycles. The highest BCUT2D eigenvalue weighted by Crippen LogP contribution is 2.43. The van der Waals surface area contributed by atoms with Gasteiger partial charge in [0.15, 0.2) is 5.82 Å². The third-order valence-corrected chi connectivity index (χ3v) is 14.2. The highest BCUT2D eigenvalue weighted by Gasteiger charge is 2.50. The first-order chi connectivity index (χ1) is 33.0. The number of aromatic nitrogens is 4. The number of rotatable bonds is 15. The Morgan fingerprint density at radius 1 is 1.01 bits per heavy atom. The number of nitriles is 1.